The number of benzene rings is 1. The molecule has 0 bridgehead atoms. The van der Waals surface area contributed by atoms with Gasteiger partial charge in [0, 0.05) is 24.4 Å². The number of anilines is 1. The number of carbonyl (C=O) groups excluding carboxylic acids is 2. The van der Waals surface area contributed by atoms with Crippen molar-refractivity contribution in [1.29, 1.82) is 0 Å². The monoisotopic (exact) mass is 410 g/mol. The van der Waals surface area contributed by atoms with Crippen LogP contribution in [0.3, 0.4) is 0 Å². The molecule has 0 fully saturated rings. The minimum atomic E-state index is -0.446. The minimum absolute atomic E-state index is 0.132. The molecular weight excluding hydrogens is 384 g/mol. The molecule has 0 aliphatic rings. The number of fused-ring (bicyclic) bond motifs is 1. The van der Waals surface area contributed by atoms with Crippen LogP contribution in [0.25, 0.3) is 5.78 Å². The van der Waals surface area contributed by atoms with E-state index in [0.717, 1.165) is 22.5 Å². The van der Waals surface area contributed by atoms with Gasteiger partial charge in [0.2, 0.25) is 5.95 Å². The second kappa shape index (κ2) is 9.34. The van der Waals surface area contributed by atoms with Crippen molar-refractivity contribution in [2.24, 2.45) is 0 Å². The van der Waals surface area contributed by atoms with E-state index in [2.05, 4.69) is 20.4 Å². The van der Waals surface area contributed by atoms with E-state index in [1.165, 1.54) is 0 Å². The Morgan fingerprint density at radius 2 is 1.93 bits per heavy atom. The predicted molar refractivity (Wildman–Crippen MR) is 112 cm³/mol. The first-order valence-electron chi connectivity index (χ1n) is 9.80. The van der Waals surface area contributed by atoms with Crippen molar-refractivity contribution in [3.8, 4) is 0 Å². The van der Waals surface area contributed by atoms with Crippen LogP contribution in [0.2, 0.25) is 0 Å². The molecule has 0 aliphatic carbocycles. The summed E-state index contributed by atoms with van der Waals surface area (Å²) in [4.78, 5) is 32.5. The van der Waals surface area contributed by atoms with E-state index in [4.69, 9.17) is 10.5 Å². The lowest BCUT2D eigenvalue weighted by atomic mass is 10.0. The third-order valence-electron chi connectivity index (χ3n) is 4.98. The molecule has 2 aromatic heterocycles. The molecule has 158 valence electrons. The molecule has 1 aromatic carbocycles. The van der Waals surface area contributed by atoms with Crippen molar-refractivity contribution in [3.05, 3.63) is 52.8 Å². The number of nitrogen functional groups attached to an aromatic ring is 1. The number of aryl methyl sites for hydroxylation is 2. The number of amides is 1. The molecule has 0 unspecified atom stereocenters. The van der Waals surface area contributed by atoms with Crippen LogP contribution in [0.1, 0.15) is 41.8 Å². The quantitative estimate of drug-likeness (QED) is 0.542. The molecule has 3 rings (SSSR count). The van der Waals surface area contributed by atoms with Crippen molar-refractivity contribution in [2.45, 2.75) is 39.5 Å². The van der Waals surface area contributed by atoms with Crippen LogP contribution >= 0.6 is 0 Å². The van der Waals surface area contributed by atoms with Crippen molar-refractivity contribution >= 4 is 23.6 Å². The van der Waals surface area contributed by atoms with Gasteiger partial charge in [-0.2, -0.15) is 9.50 Å². The highest BCUT2D eigenvalue weighted by Crippen LogP contribution is 2.16. The Hall–Kier alpha value is -3.49. The number of carbonyl (C=O) groups is 2. The second-order valence-corrected chi connectivity index (χ2v) is 7.22. The Kier molecular flexibility index (Phi) is 6.61. The summed E-state index contributed by atoms with van der Waals surface area (Å²) in [5, 5.41) is 6.90. The summed E-state index contributed by atoms with van der Waals surface area (Å²) >= 11 is 0. The van der Waals surface area contributed by atoms with Crippen LogP contribution in [0.4, 0.5) is 5.95 Å². The Balaban J connectivity index is 1.46. The lowest BCUT2D eigenvalue weighted by Crippen LogP contribution is -2.31. The van der Waals surface area contributed by atoms with Crippen LogP contribution in [-0.2, 0) is 20.7 Å². The standard InChI is InChI=1S/C21H26N6O3/c1-13(16-7-5-4-6-8-16)11-23-18(28)12-30-19(29)10-9-17-14(2)24-21-25-20(22)26-27(21)15(17)3/h4-8,13H,9-12H2,1-3H3,(H2,22,26)(H,23,28)/t13-/m0/s1. The summed E-state index contributed by atoms with van der Waals surface area (Å²) < 4.78 is 6.67. The molecule has 0 aliphatic heterocycles. The third kappa shape index (κ3) is 5.11. The molecule has 30 heavy (non-hydrogen) atoms. The van der Waals surface area contributed by atoms with E-state index in [1.54, 1.807) is 4.52 Å². The van der Waals surface area contributed by atoms with E-state index >= 15 is 0 Å². The van der Waals surface area contributed by atoms with Gasteiger partial charge in [-0.1, -0.05) is 37.3 Å². The fraction of sp³-hybridized carbons (Fsp3) is 0.381. The summed E-state index contributed by atoms with van der Waals surface area (Å²) in [6.07, 6.45) is 0.554. The molecule has 3 aromatic rings. The molecular formula is C21H26N6O3. The van der Waals surface area contributed by atoms with Gasteiger partial charge in [0.05, 0.1) is 0 Å². The highest BCUT2D eigenvalue weighted by molar-refractivity contribution is 5.80. The number of esters is 1. The first-order chi connectivity index (χ1) is 14.3. The second-order valence-electron chi connectivity index (χ2n) is 7.22. The highest BCUT2D eigenvalue weighted by atomic mass is 16.5. The van der Waals surface area contributed by atoms with Gasteiger partial charge in [-0.3, -0.25) is 9.59 Å². The van der Waals surface area contributed by atoms with E-state index in [0.29, 0.717) is 18.7 Å². The summed E-state index contributed by atoms with van der Waals surface area (Å²) in [6.45, 7) is 5.93. The van der Waals surface area contributed by atoms with Gasteiger partial charge in [-0.05, 0) is 37.3 Å². The lowest BCUT2D eigenvalue weighted by molar-refractivity contribution is -0.148. The fourth-order valence-electron chi connectivity index (χ4n) is 3.25. The molecule has 0 radical (unpaired) electrons. The summed E-state index contributed by atoms with van der Waals surface area (Å²) in [5.74, 6) is -0.0210. The average Bonchev–Trinajstić information content (AvgIpc) is 3.11. The minimum Gasteiger partial charge on any atom is -0.456 e. The molecule has 0 saturated carbocycles. The number of nitrogens with one attached hydrogen (secondary N) is 1. The zero-order valence-corrected chi connectivity index (χ0v) is 17.4. The Bertz CT molecular complexity index is 1050. The SMILES string of the molecule is Cc1nc2nc(N)nn2c(C)c1CCC(=O)OCC(=O)NC[C@H](C)c1ccccc1. The number of ether oxygens (including phenoxy) is 1. The first-order valence-corrected chi connectivity index (χ1v) is 9.80. The maximum atomic E-state index is 12.1. The fourth-order valence-corrected chi connectivity index (χ4v) is 3.25. The van der Waals surface area contributed by atoms with E-state index in [9.17, 15) is 9.59 Å². The van der Waals surface area contributed by atoms with Gasteiger partial charge < -0.3 is 15.8 Å². The number of hydrogen-bond donors (Lipinski definition) is 2. The smallest absolute Gasteiger partial charge is 0.306 e. The highest BCUT2D eigenvalue weighted by Gasteiger charge is 2.15. The molecule has 0 saturated heterocycles. The van der Waals surface area contributed by atoms with Gasteiger partial charge in [0.15, 0.2) is 6.61 Å². The van der Waals surface area contributed by atoms with Crippen LogP contribution in [0.15, 0.2) is 30.3 Å². The summed E-state index contributed by atoms with van der Waals surface area (Å²) in [6, 6.07) is 9.90. The van der Waals surface area contributed by atoms with Gasteiger partial charge in [-0.25, -0.2) is 4.98 Å². The van der Waals surface area contributed by atoms with E-state index in [1.807, 2.05) is 51.1 Å². The average molecular weight is 410 g/mol. The maximum absolute atomic E-state index is 12.1. The predicted octanol–water partition coefficient (Wildman–Crippen LogP) is 1.72. The van der Waals surface area contributed by atoms with Gasteiger partial charge in [0.25, 0.3) is 11.7 Å². The van der Waals surface area contributed by atoms with Crippen molar-refractivity contribution in [2.75, 3.05) is 18.9 Å². The summed E-state index contributed by atoms with van der Waals surface area (Å²) in [7, 11) is 0. The van der Waals surface area contributed by atoms with Gasteiger partial charge >= 0.3 is 5.97 Å². The van der Waals surface area contributed by atoms with Gasteiger partial charge in [0.1, 0.15) is 0 Å². The molecule has 9 nitrogen and oxygen atoms in total. The Morgan fingerprint density at radius 1 is 1.20 bits per heavy atom. The molecule has 1 atom stereocenters. The van der Waals surface area contributed by atoms with Crippen LogP contribution in [0.5, 0.6) is 0 Å². The molecule has 1 amide bonds. The van der Waals surface area contributed by atoms with Crippen LogP contribution < -0.4 is 11.1 Å². The lowest BCUT2D eigenvalue weighted by Gasteiger charge is -2.13. The Morgan fingerprint density at radius 3 is 2.67 bits per heavy atom. The maximum Gasteiger partial charge on any atom is 0.306 e. The molecule has 0 spiro atoms. The molecule has 2 heterocycles. The number of aromatic nitrogens is 4. The topological polar surface area (TPSA) is 124 Å². The first kappa shape index (κ1) is 21.2. The number of nitrogens with zero attached hydrogens (tertiary/aromatic N) is 4. The summed E-state index contributed by atoms with van der Waals surface area (Å²) in [5.41, 5.74) is 9.23. The Labute approximate surface area is 174 Å². The normalized spacial score (nSPS) is 12.0. The van der Waals surface area contributed by atoms with E-state index < -0.39 is 5.97 Å². The van der Waals surface area contributed by atoms with Crippen LogP contribution in [-0.4, -0.2) is 44.6 Å². The van der Waals surface area contributed by atoms with E-state index in [-0.39, 0.29) is 30.8 Å². The van der Waals surface area contributed by atoms with Crippen molar-refractivity contribution in [1.82, 2.24) is 24.9 Å². The number of hydrogen-bond acceptors (Lipinski definition) is 7. The zero-order chi connectivity index (χ0) is 21.7. The van der Waals surface area contributed by atoms with Crippen LogP contribution in [0, 0.1) is 13.8 Å². The third-order valence-corrected chi connectivity index (χ3v) is 4.98. The van der Waals surface area contributed by atoms with Gasteiger partial charge in [-0.15, -0.1) is 5.10 Å². The number of nitrogens with two attached hydrogens (primary N) is 1. The number of rotatable bonds is 8. The molecule has 9 heteroatoms. The largest absolute Gasteiger partial charge is 0.456 e. The van der Waals surface area contributed by atoms with Crippen molar-refractivity contribution in [3.63, 3.8) is 0 Å². The molecule has 3 N–H and O–H groups in total. The van der Waals surface area contributed by atoms with Crippen molar-refractivity contribution < 1.29 is 14.3 Å². The zero-order valence-electron chi connectivity index (χ0n) is 17.4.